The molecule has 0 saturated carbocycles. The summed E-state index contributed by atoms with van der Waals surface area (Å²) in [6, 6.07) is 9.13. The normalized spacial score (nSPS) is 9.88. The van der Waals surface area contributed by atoms with Crippen LogP contribution in [0.2, 0.25) is 0 Å². The number of benzene rings is 1. The lowest BCUT2D eigenvalue weighted by Gasteiger charge is -2.07. The number of aromatic nitrogens is 2. The lowest BCUT2D eigenvalue weighted by Crippen LogP contribution is -2.12. The van der Waals surface area contributed by atoms with E-state index in [1.54, 1.807) is 6.20 Å². The first kappa shape index (κ1) is 11.2. The molecule has 0 radical (unpaired) electrons. The highest BCUT2D eigenvalue weighted by Crippen LogP contribution is 2.12. The molecule has 0 fully saturated rings. The average molecular weight is 230 g/mol. The van der Waals surface area contributed by atoms with E-state index in [1.165, 1.54) is 6.33 Å². The highest BCUT2D eigenvalue weighted by molar-refractivity contribution is 5.41. The molecule has 0 aliphatic rings. The van der Waals surface area contributed by atoms with E-state index in [0.29, 0.717) is 13.2 Å². The van der Waals surface area contributed by atoms with Crippen LogP contribution in [-0.2, 0) is 0 Å². The van der Waals surface area contributed by atoms with Gasteiger partial charge in [0, 0.05) is 11.9 Å². The largest absolute Gasteiger partial charge is 0.492 e. The van der Waals surface area contributed by atoms with E-state index in [1.807, 2.05) is 30.3 Å². The Morgan fingerprint density at radius 2 is 2.00 bits per heavy atom. The molecule has 0 amide bonds. The maximum Gasteiger partial charge on any atom is 0.129 e. The average Bonchev–Trinajstić information content (AvgIpc) is 2.38. The number of rotatable bonds is 5. The van der Waals surface area contributed by atoms with Crippen LogP contribution in [0.25, 0.3) is 0 Å². The van der Waals surface area contributed by atoms with Gasteiger partial charge in [-0.1, -0.05) is 0 Å². The van der Waals surface area contributed by atoms with Crippen LogP contribution in [0.4, 0.5) is 11.5 Å². The summed E-state index contributed by atoms with van der Waals surface area (Å²) >= 11 is 0. The van der Waals surface area contributed by atoms with E-state index in [0.717, 1.165) is 17.3 Å². The van der Waals surface area contributed by atoms with Gasteiger partial charge in [0.1, 0.15) is 24.5 Å². The van der Waals surface area contributed by atoms with E-state index in [2.05, 4.69) is 15.3 Å². The highest BCUT2D eigenvalue weighted by Gasteiger charge is 1.94. The fraction of sp³-hybridized carbons (Fsp3) is 0.167. The van der Waals surface area contributed by atoms with Crippen molar-refractivity contribution in [1.29, 1.82) is 0 Å². The minimum Gasteiger partial charge on any atom is -0.492 e. The topological polar surface area (TPSA) is 73.1 Å². The molecule has 1 aromatic heterocycles. The third-order valence-corrected chi connectivity index (χ3v) is 2.14. The number of ether oxygens (including phenoxy) is 1. The number of nitrogens with one attached hydrogen (secondary N) is 1. The predicted molar refractivity (Wildman–Crippen MR) is 66.9 cm³/mol. The van der Waals surface area contributed by atoms with Crippen molar-refractivity contribution in [3.8, 4) is 5.75 Å². The zero-order chi connectivity index (χ0) is 11.9. The lowest BCUT2D eigenvalue weighted by atomic mass is 10.3. The molecule has 5 heteroatoms. The van der Waals surface area contributed by atoms with Crippen molar-refractivity contribution in [2.75, 3.05) is 24.2 Å². The summed E-state index contributed by atoms with van der Waals surface area (Å²) in [5.41, 5.74) is 6.31. The molecule has 1 heterocycles. The van der Waals surface area contributed by atoms with Crippen molar-refractivity contribution in [2.45, 2.75) is 0 Å². The Labute approximate surface area is 99.7 Å². The number of nitrogen functional groups attached to an aromatic ring is 1. The van der Waals surface area contributed by atoms with Gasteiger partial charge in [0.2, 0.25) is 0 Å². The van der Waals surface area contributed by atoms with Crippen molar-refractivity contribution < 1.29 is 4.74 Å². The van der Waals surface area contributed by atoms with Crippen molar-refractivity contribution in [1.82, 2.24) is 9.97 Å². The van der Waals surface area contributed by atoms with E-state index >= 15 is 0 Å². The SMILES string of the molecule is Nc1ccc(OCCNc2ccncn2)cc1. The van der Waals surface area contributed by atoms with Crippen LogP contribution in [0.3, 0.4) is 0 Å². The molecule has 2 aromatic rings. The standard InChI is InChI=1S/C12H14N4O/c13-10-1-3-11(4-2-10)17-8-7-15-12-5-6-14-9-16-12/h1-6,9H,7-8,13H2,(H,14,15,16). The molecule has 0 unspecified atom stereocenters. The minimum atomic E-state index is 0.563. The molecule has 0 atom stereocenters. The molecule has 17 heavy (non-hydrogen) atoms. The second-order valence-corrected chi connectivity index (χ2v) is 3.44. The van der Waals surface area contributed by atoms with Crippen LogP contribution in [0, 0.1) is 0 Å². The molecule has 5 nitrogen and oxygen atoms in total. The number of nitrogens with zero attached hydrogens (tertiary/aromatic N) is 2. The van der Waals surface area contributed by atoms with Crippen LogP contribution in [-0.4, -0.2) is 23.1 Å². The van der Waals surface area contributed by atoms with Gasteiger partial charge in [-0.2, -0.15) is 0 Å². The summed E-state index contributed by atoms with van der Waals surface area (Å²) in [6.07, 6.45) is 3.19. The maximum absolute atomic E-state index is 5.58. The van der Waals surface area contributed by atoms with Crippen LogP contribution in [0.1, 0.15) is 0 Å². The summed E-state index contributed by atoms with van der Waals surface area (Å²) in [7, 11) is 0. The third-order valence-electron chi connectivity index (χ3n) is 2.14. The molecule has 0 saturated heterocycles. The molecule has 0 aliphatic heterocycles. The van der Waals surface area contributed by atoms with Crippen molar-refractivity contribution in [2.24, 2.45) is 0 Å². The Balaban J connectivity index is 1.71. The second kappa shape index (κ2) is 5.69. The molecule has 0 spiro atoms. The summed E-state index contributed by atoms with van der Waals surface area (Å²) in [5.74, 6) is 1.60. The van der Waals surface area contributed by atoms with Crippen molar-refractivity contribution >= 4 is 11.5 Å². The smallest absolute Gasteiger partial charge is 0.129 e. The highest BCUT2D eigenvalue weighted by atomic mass is 16.5. The van der Waals surface area contributed by atoms with E-state index < -0.39 is 0 Å². The number of anilines is 2. The number of nitrogens with two attached hydrogens (primary N) is 1. The van der Waals surface area contributed by atoms with Gasteiger partial charge in [-0.15, -0.1) is 0 Å². The van der Waals surface area contributed by atoms with E-state index in [9.17, 15) is 0 Å². The predicted octanol–water partition coefficient (Wildman–Crippen LogP) is 1.55. The summed E-state index contributed by atoms with van der Waals surface area (Å²) in [6.45, 7) is 1.25. The zero-order valence-electron chi connectivity index (χ0n) is 9.34. The van der Waals surface area contributed by atoms with Gasteiger partial charge in [0.05, 0.1) is 6.54 Å². The Morgan fingerprint density at radius 1 is 1.18 bits per heavy atom. The maximum atomic E-state index is 5.58. The fourth-order valence-corrected chi connectivity index (χ4v) is 1.31. The van der Waals surface area contributed by atoms with Gasteiger partial charge in [0.25, 0.3) is 0 Å². The van der Waals surface area contributed by atoms with E-state index in [-0.39, 0.29) is 0 Å². The monoisotopic (exact) mass is 230 g/mol. The van der Waals surface area contributed by atoms with E-state index in [4.69, 9.17) is 10.5 Å². The Kier molecular flexibility index (Phi) is 3.75. The van der Waals surface area contributed by atoms with Crippen LogP contribution in [0.15, 0.2) is 42.9 Å². The lowest BCUT2D eigenvalue weighted by molar-refractivity contribution is 0.333. The zero-order valence-corrected chi connectivity index (χ0v) is 9.34. The molecule has 0 bridgehead atoms. The molecule has 3 N–H and O–H groups in total. The Bertz CT molecular complexity index is 444. The molecule has 2 rings (SSSR count). The quantitative estimate of drug-likeness (QED) is 0.602. The minimum absolute atomic E-state index is 0.563. The molecular weight excluding hydrogens is 216 g/mol. The first-order valence-electron chi connectivity index (χ1n) is 5.33. The fourth-order valence-electron chi connectivity index (χ4n) is 1.31. The third kappa shape index (κ3) is 3.64. The van der Waals surface area contributed by atoms with Crippen LogP contribution >= 0.6 is 0 Å². The second-order valence-electron chi connectivity index (χ2n) is 3.44. The van der Waals surface area contributed by atoms with Crippen LogP contribution in [0.5, 0.6) is 5.75 Å². The van der Waals surface area contributed by atoms with Gasteiger partial charge in [-0.3, -0.25) is 0 Å². The first-order chi connectivity index (χ1) is 8.34. The number of hydrogen-bond donors (Lipinski definition) is 2. The first-order valence-corrected chi connectivity index (χ1v) is 5.33. The van der Waals surface area contributed by atoms with Crippen molar-refractivity contribution in [3.05, 3.63) is 42.9 Å². The summed E-state index contributed by atoms with van der Waals surface area (Å²) in [5, 5.41) is 3.13. The van der Waals surface area contributed by atoms with Gasteiger partial charge >= 0.3 is 0 Å². The Hall–Kier alpha value is -2.30. The molecular formula is C12H14N4O. The van der Waals surface area contributed by atoms with Gasteiger partial charge in [-0.25, -0.2) is 9.97 Å². The summed E-state index contributed by atoms with van der Waals surface area (Å²) in [4.78, 5) is 7.88. The molecule has 0 aliphatic carbocycles. The van der Waals surface area contributed by atoms with Crippen LogP contribution < -0.4 is 15.8 Å². The molecule has 1 aromatic carbocycles. The van der Waals surface area contributed by atoms with Gasteiger partial charge in [-0.05, 0) is 30.3 Å². The van der Waals surface area contributed by atoms with Crippen molar-refractivity contribution in [3.63, 3.8) is 0 Å². The summed E-state index contributed by atoms with van der Waals surface area (Å²) < 4.78 is 5.52. The van der Waals surface area contributed by atoms with Gasteiger partial charge < -0.3 is 15.8 Å². The molecule has 88 valence electrons. The van der Waals surface area contributed by atoms with Gasteiger partial charge in [0.15, 0.2) is 0 Å². The Morgan fingerprint density at radius 3 is 2.71 bits per heavy atom. The number of hydrogen-bond acceptors (Lipinski definition) is 5.